The number of benzene rings is 1. The molecule has 0 aliphatic rings. The molecule has 0 saturated heterocycles. The molecular weight excluding hydrogens is 188 g/mol. The van der Waals surface area contributed by atoms with Crippen LogP contribution in [0.5, 0.6) is 0 Å². The lowest BCUT2D eigenvalue weighted by atomic mass is 10.1. The minimum absolute atomic E-state index is 0.311. The van der Waals surface area contributed by atoms with Crippen LogP contribution in [0.1, 0.15) is 16.7 Å². The third kappa shape index (κ3) is 3.16. The Morgan fingerprint density at radius 3 is 2.31 bits per heavy atom. The van der Waals surface area contributed by atoms with E-state index in [2.05, 4.69) is 0 Å². The Kier molecular flexibility index (Phi) is 2.73. The highest BCUT2D eigenvalue weighted by molar-refractivity contribution is 7.85. The van der Waals surface area contributed by atoms with Crippen molar-refractivity contribution in [3.63, 3.8) is 0 Å². The van der Waals surface area contributed by atoms with Crippen LogP contribution in [-0.2, 0) is 15.9 Å². The molecule has 4 heteroatoms. The Bertz CT molecular complexity index is 407. The zero-order chi connectivity index (χ0) is 10.1. The van der Waals surface area contributed by atoms with Gasteiger partial charge in [-0.3, -0.25) is 4.55 Å². The summed E-state index contributed by atoms with van der Waals surface area (Å²) >= 11 is 0. The first kappa shape index (κ1) is 10.2. The van der Waals surface area contributed by atoms with Crippen LogP contribution in [0.2, 0.25) is 0 Å². The van der Waals surface area contributed by atoms with E-state index in [-0.39, 0.29) is 5.75 Å². The fourth-order valence-corrected chi connectivity index (χ4v) is 1.70. The molecule has 0 unspecified atom stereocenters. The standard InChI is InChI=1S/C9H12O3S/c1-7-3-4-9(5-8(7)2)6-13(10,11)12/h3-5H,6H2,1-2H3,(H,10,11,12). The summed E-state index contributed by atoms with van der Waals surface area (Å²) in [5, 5.41) is 0. The summed E-state index contributed by atoms with van der Waals surface area (Å²) in [7, 11) is -3.91. The molecule has 0 aromatic heterocycles. The highest BCUT2D eigenvalue weighted by Crippen LogP contribution is 2.11. The van der Waals surface area contributed by atoms with Gasteiger partial charge in [-0.25, -0.2) is 0 Å². The van der Waals surface area contributed by atoms with Crippen molar-refractivity contribution >= 4 is 10.1 Å². The normalized spacial score (nSPS) is 11.6. The van der Waals surface area contributed by atoms with Gasteiger partial charge in [0.1, 0.15) is 5.75 Å². The summed E-state index contributed by atoms with van der Waals surface area (Å²) in [6.07, 6.45) is 0. The summed E-state index contributed by atoms with van der Waals surface area (Å²) in [4.78, 5) is 0. The van der Waals surface area contributed by atoms with Crippen LogP contribution >= 0.6 is 0 Å². The second-order valence-electron chi connectivity index (χ2n) is 3.14. The lowest BCUT2D eigenvalue weighted by Crippen LogP contribution is -2.01. The SMILES string of the molecule is Cc1ccc(CS(=O)(=O)O)cc1C. The van der Waals surface area contributed by atoms with Crippen LogP contribution in [0.4, 0.5) is 0 Å². The smallest absolute Gasteiger partial charge is 0.269 e. The largest absolute Gasteiger partial charge is 0.285 e. The van der Waals surface area contributed by atoms with Crippen molar-refractivity contribution in [2.75, 3.05) is 0 Å². The Labute approximate surface area is 78.2 Å². The number of hydrogen-bond acceptors (Lipinski definition) is 2. The molecule has 13 heavy (non-hydrogen) atoms. The predicted molar refractivity (Wildman–Crippen MR) is 51.2 cm³/mol. The van der Waals surface area contributed by atoms with E-state index < -0.39 is 10.1 Å². The fourth-order valence-electron chi connectivity index (χ4n) is 1.10. The van der Waals surface area contributed by atoms with Crippen molar-refractivity contribution < 1.29 is 13.0 Å². The average Bonchev–Trinajstić information content (AvgIpc) is 1.94. The molecule has 0 fully saturated rings. The lowest BCUT2D eigenvalue weighted by molar-refractivity contribution is 0.482. The Balaban J connectivity index is 2.99. The third-order valence-corrected chi connectivity index (χ3v) is 2.62. The summed E-state index contributed by atoms with van der Waals surface area (Å²) in [5.74, 6) is -0.311. The van der Waals surface area contributed by atoms with Gasteiger partial charge in [0.25, 0.3) is 10.1 Å². The summed E-state index contributed by atoms with van der Waals surface area (Å²) in [5.41, 5.74) is 2.76. The number of hydrogen-bond donors (Lipinski definition) is 1. The van der Waals surface area contributed by atoms with Gasteiger partial charge in [-0.1, -0.05) is 18.2 Å². The summed E-state index contributed by atoms with van der Waals surface area (Å²) in [6, 6.07) is 5.31. The van der Waals surface area contributed by atoms with Gasteiger partial charge in [-0.05, 0) is 30.5 Å². The minimum Gasteiger partial charge on any atom is -0.285 e. The van der Waals surface area contributed by atoms with Crippen molar-refractivity contribution in [1.29, 1.82) is 0 Å². The maximum Gasteiger partial charge on any atom is 0.269 e. The van der Waals surface area contributed by atoms with Crippen LogP contribution in [0.15, 0.2) is 18.2 Å². The first-order valence-corrected chi connectivity index (χ1v) is 5.51. The first-order chi connectivity index (χ1) is 5.88. The van der Waals surface area contributed by atoms with E-state index in [1.54, 1.807) is 12.1 Å². The first-order valence-electron chi connectivity index (χ1n) is 3.90. The molecule has 0 heterocycles. The molecule has 0 atom stereocenters. The molecule has 1 aromatic carbocycles. The van der Waals surface area contributed by atoms with Crippen molar-refractivity contribution in [3.8, 4) is 0 Å². The van der Waals surface area contributed by atoms with Crippen molar-refractivity contribution in [1.82, 2.24) is 0 Å². The van der Waals surface area contributed by atoms with Gasteiger partial charge < -0.3 is 0 Å². The van der Waals surface area contributed by atoms with Gasteiger partial charge in [0.2, 0.25) is 0 Å². The molecule has 0 aliphatic carbocycles. The maximum atomic E-state index is 10.6. The van der Waals surface area contributed by atoms with E-state index in [1.807, 2.05) is 19.9 Å². The van der Waals surface area contributed by atoms with Gasteiger partial charge >= 0.3 is 0 Å². The molecule has 0 amide bonds. The topological polar surface area (TPSA) is 54.4 Å². The van der Waals surface area contributed by atoms with Gasteiger partial charge in [-0.15, -0.1) is 0 Å². The van der Waals surface area contributed by atoms with E-state index in [9.17, 15) is 8.42 Å². The van der Waals surface area contributed by atoms with Gasteiger partial charge in [0.15, 0.2) is 0 Å². The monoisotopic (exact) mass is 200 g/mol. The van der Waals surface area contributed by atoms with E-state index >= 15 is 0 Å². The molecule has 0 bridgehead atoms. The Morgan fingerprint density at radius 1 is 1.23 bits per heavy atom. The number of aryl methyl sites for hydroxylation is 2. The average molecular weight is 200 g/mol. The van der Waals surface area contributed by atoms with E-state index in [1.165, 1.54) is 0 Å². The second-order valence-corrected chi connectivity index (χ2v) is 4.60. The van der Waals surface area contributed by atoms with Gasteiger partial charge in [0, 0.05) is 0 Å². The minimum atomic E-state index is -3.91. The quantitative estimate of drug-likeness (QED) is 0.739. The van der Waals surface area contributed by atoms with Crippen LogP contribution in [0.3, 0.4) is 0 Å². The van der Waals surface area contributed by atoms with Crippen LogP contribution in [0, 0.1) is 13.8 Å². The van der Waals surface area contributed by atoms with E-state index in [0.717, 1.165) is 11.1 Å². The molecular formula is C9H12O3S. The highest BCUT2D eigenvalue weighted by Gasteiger charge is 2.06. The molecule has 3 nitrogen and oxygen atoms in total. The van der Waals surface area contributed by atoms with Crippen LogP contribution in [-0.4, -0.2) is 13.0 Å². The Hall–Kier alpha value is -0.870. The second kappa shape index (κ2) is 3.47. The molecule has 1 N–H and O–H groups in total. The zero-order valence-electron chi connectivity index (χ0n) is 7.61. The molecule has 0 saturated carbocycles. The molecule has 1 rings (SSSR count). The van der Waals surface area contributed by atoms with Crippen molar-refractivity contribution in [2.45, 2.75) is 19.6 Å². The fraction of sp³-hybridized carbons (Fsp3) is 0.333. The number of rotatable bonds is 2. The van der Waals surface area contributed by atoms with E-state index in [0.29, 0.717) is 5.56 Å². The molecule has 0 spiro atoms. The van der Waals surface area contributed by atoms with Crippen molar-refractivity contribution in [2.24, 2.45) is 0 Å². The van der Waals surface area contributed by atoms with Gasteiger partial charge in [0.05, 0.1) is 0 Å². The zero-order valence-corrected chi connectivity index (χ0v) is 8.43. The van der Waals surface area contributed by atoms with Crippen LogP contribution < -0.4 is 0 Å². The Morgan fingerprint density at radius 2 is 1.85 bits per heavy atom. The van der Waals surface area contributed by atoms with Gasteiger partial charge in [-0.2, -0.15) is 8.42 Å². The summed E-state index contributed by atoms with van der Waals surface area (Å²) < 4.78 is 29.7. The predicted octanol–water partition coefficient (Wildman–Crippen LogP) is 1.69. The van der Waals surface area contributed by atoms with Crippen LogP contribution in [0.25, 0.3) is 0 Å². The molecule has 1 aromatic rings. The highest BCUT2D eigenvalue weighted by atomic mass is 32.2. The van der Waals surface area contributed by atoms with Crippen molar-refractivity contribution in [3.05, 3.63) is 34.9 Å². The third-order valence-electron chi connectivity index (χ3n) is 1.92. The molecule has 0 aliphatic heterocycles. The summed E-state index contributed by atoms with van der Waals surface area (Å²) in [6.45, 7) is 3.86. The molecule has 0 radical (unpaired) electrons. The molecule has 72 valence electrons. The lowest BCUT2D eigenvalue weighted by Gasteiger charge is -2.02. The van der Waals surface area contributed by atoms with E-state index in [4.69, 9.17) is 4.55 Å². The maximum absolute atomic E-state index is 10.6.